The van der Waals surface area contributed by atoms with Gasteiger partial charge in [0.1, 0.15) is 11.5 Å². The molecule has 2 amide bonds. The van der Waals surface area contributed by atoms with Gasteiger partial charge in [0, 0.05) is 23.1 Å². The number of methoxy groups -OCH3 is 2. The molecule has 9 nitrogen and oxygen atoms in total. The zero-order valence-corrected chi connectivity index (χ0v) is 19.6. The number of anilines is 1. The summed E-state index contributed by atoms with van der Waals surface area (Å²) in [5.41, 5.74) is 5.57. The first-order valence-corrected chi connectivity index (χ1v) is 11.0. The van der Waals surface area contributed by atoms with Gasteiger partial charge in [-0.15, -0.1) is 0 Å². The minimum atomic E-state index is -0.557. The number of esters is 1. The number of carbonyl (C=O) groups is 3. The first-order chi connectivity index (χ1) is 16.9. The monoisotopic (exact) mass is 475 g/mol. The van der Waals surface area contributed by atoms with Crippen LogP contribution in [-0.4, -0.2) is 37.7 Å². The molecule has 1 aliphatic carbocycles. The van der Waals surface area contributed by atoms with Gasteiger partial charge >= 0.3 is 5.97 Å². The lowest BCUT2D eigenvalue weighted by Gasteiger charge is -2.13. The lowest BCUT2D eigenvalue weighted by atomic mass is 9.93. The molecule has 0 saturated heterocycles. The van der Waals surface area contributed by atoms with Gasteiger partial charge in [0.25, 0.3) is 11.8 Å². The van der Waals surface area contributed by atoms with Gasteiger partial charge < -0.3 is 19.2 Å². The number of nitrogens with zero attached hydrogens (tertiary/aromatic N) is 1. The summed E-state index contributed by atoms with van der Waals surface area (Å²) in [7, 11) is 2.83. The van der Waals surface area contributed by atoms with Crippen LogP contribution in [-0.2, 0) is 11.2 Å². The van der Waals surface area contributed by atoms with Gasteiger partial charge in [-0.1, -0.05) is 12.1 Å². The molecule has 4 rings (SSSR count). The van der Waals surface area contributed by atoms with Crippen LogP contribution in [0.25, 0.3) is 0 Å². The molecule has 1 aliphatic rings. The molecule has 180 valence electrons. The van der Waals surface area contributed by atoms with Crippen molar-refractivity contribution in [3.05, 3.63) is 82.3 Å². The maximum atomic E-state index is 13.0. The maximum absolute atomic E-state index is 13.0. The molecule has 35 heavy (non-hydrogen) atoms. The van der Waals surface area contributed by atoms with Crippen LogP contribution in [0.3, 0.4) is 0 Å². The van der Waals surface area contributed by atoms with E-state index in [1.54, 1.807) is 62.6 Å². The van der Waals surface area contributed by atoms with Crippen LogP contribution in [0.1, 0.15) is 61.0 Å². The lowest BCUT2D eigenvalue weighted by Crippen LogP contribution is -2.22. The van der Waals surface area contributed by atoms with Crippen molar-refractivity contribution in [3.8, 4) is 5.75 Å². The number of carbonyl (C=O) groups excluding carboxylic acids is 3. The summed E-state index contributed by atoms with van der Waals surface area (Å²) in [5.74, 6) is 0.0150. The van der Waals surface area contributed by atoms with Crippen LogP contribution >= 0.6 is 0 Å². The van der Waals surface area contributed by atoms with Crippen LogP contribution in [0.5, 0.6) is 5.75 Å². The van der Waals surface area contributed by atoms with E-state index in [4.69, 9.17) is 13.9 Å². The number of benzene rings is 2. The Hall–Kier alpha value is -4.40. The first-order valence-electron chi connectivity index (χ1n) is 11.0. The van der Waals surface area contributed by atoms with E-state index in [0.29, 0.717) is 46.9 Å². The Morgan fingerprint density at radius 1 is 0.971 bits per heavy atom. The summed E-state index contributed by atoms with van der Waals surface area (Å²) >= 11 is 0. The number of para-hydroxylation sites is 1. The topological polar surface area (TPSA) is 119 Å². The van der Waals surface area contributed by atoms with E-state index in [-0.39, 0.29) is 17.2 Å². The predicted molar refractivity (Wildman–Crippen MR) is 129 cm³/mol. The van der Waals surface area contributed by atoms with E-state index in [1.165, 1.54) is 7.11 Å². The van der Waals surface area contributed by atoms with E-state index in [2.05, 4.69) is 15.8 Å². The van der Waals surface area contributed by atoms with E-state index in [9.17, 15) is 14.4 Å². The molecule has 2 N–H and O–H groups in total. The Labute approximate surface area is 202 Å². The van der Waals surface area contributed by atoms with Crippen molar-refractivity contribution in [1.82, 2.24) is 5.43 Å². The van der Waals surface area contributed by atoms with E-state index < -0.39 is 11.9 Å². The van der Waals surface area contributed by atoms with Gasteiger partial charge in [-0.3, -0.25) is 9.59 Å². The molecule has 0 aliphatic heterocycles. The molecule has 0 spiro atoms. The summed E-state index contributed by atoms with van der Waals surface area (Å²) in [6.07, 6.45) is 2.04. The molecule has 0 bridgehead atoms. The number of hydrogen-bond acceptors (Lipinski definition) is 7. The molecule has 0 unspecified atom stereocenters. The number of ether oxygens (including phenoxy) is 2. The number of hydrazone groups is 1. The second-order valence-electron chi connectivity index (χ2n) is 7.93. The minimum absolute atomic E-state index is 0.130. The smallest absolute Gasteiger partial charge is 0.339 e. The highest BCUT2D eigenvalue weighted by atomic mass is 16.5. The lowest BCUT2D eigenvalue weighted by molar-refractivity contribution is 0.0601. The Balaban J connectivity index is 1.56. The largest absolute Gasteiger partial charge is 0.497 e. The SMILES string of the molecule is COC(=O)c1ccccc1NC(=O)c1oc2c(c1C)/C(=N/NC(=O)c1ccc(OC)cc1)CCC2. The molecule has 0 atom stereocenters. The highest BCUT2D eigenvalue weighted by Crippen LogP contribution is 2.30. The van der Waals surface area contributed by atoms with Crippen LogP contribution in [0.2, 0.25) is 0 Å². The summed E-state index contributed by atoms with van der Waals surface area (Å²) in [6.45, 7) is 1.77. The number of nitrogens with one attached hydrogen (secondary N) is 2. The van der Waals surface area contributed by atoms with Crippen molar-refractivity contribution < 1.29 is 28.3 Å². The summed E-state index contributed by atoms with van der Waals surface area (Å²) in [6, 6.07) is 13.3. The van der Waals surface area contributed by atoms with Crippen molar-refractivity contribution in [1.29, 1.82) is 0 Å². The fourth-order valence-corrected chi connectivity index (χ4v) is 3.98. The second-order valence-corrected chi connectivity index (χ2v) is 7.93. The number of furan rings is 1. The van der Waals surface area contributed by atoms with Crippen LogP contribution in [0, 0.1) is 6.92 Å². The average Bonchev–Trinajstić information content (AvgIpc) is 3.24. The molecule has 3 aromatic rings. The molecule has 1 heterocycles. The van der Waals surface area contributed by atoms with Crippen LogP contribution < -0.4 is 15.5 Å². The highest BCUT2D eigenvalue weighted by molar-refractivity contribution is 6.11. The van der Waals surface area contributed by atoms with Crippen molar-refractivity contribution >= 4 is 29.2 Å². The number of aryl methyl sites for hydroxylation is 1. The molecule has 2 aromatic carbocycles. The second kappa shape index (κ2) is 10.3. The standard InChI is InChI=1S/C26H25N3O6/c1-15-22-20(28-29-24(30)16-11-13-17(33-2)14-12-16)9-6-10-21(22)35-23(15)25(31)27-19-8-5-4-7-18(19)26(32)34-3/h4-5,7-8,11-14H,6,9-10H2,1-3H3,(H,27,31)(H,29,30)/b28-20+. The average molecular weight is 476 g/mol. The molecule has 1 aromatic heterocycles. The van der Waals surface area contributed by atoms with Crippen molar-refractivity contribution in [2.75, 3.05) is 19.5 Å². The van der Waals surface area contributed by atoms with Crippen molar-refractivity contribution in [2.45, 2.75) is 26.2 Å². The Kier molecular flexibility index (Phi) is 6.96. The molecule has 0 radical (unpaired) electrons. The van der Waals surface area contributed by atoms with E-state index >= 15 is 0 Å². The third-order valence-corrected chi connectivity index (χ3v) is 5.76. The highest BCUT2D eigenvalue weighted by Gasteiger charge is 2.28. The van der Waals surface area contributed by atoms with Gasteiger partial charge in [0.2, 0.25) is 0 Å². The molecule has 0 saturated carbocycles. The van der Waals surface area contributed by atoms with Crippen molar-refractivity contribution in [2.24, 2.45) is 5.10 Å². The molecular weight excluding hydrogens is 450 g/mol. The summed E-state index contributed by atoms with van der Waals surface area (Å²) < 4.78 is 15.8. The summed E-state index contributed by atoms with van der Waals surface area (Å²) in [4.78, 5) is 37.6. The number of hydrogen-bond donors (Lipinski definition) is 2. The number of fused-ring (bicyclic) bond motifs is 1. The fraction of sp³-hybridized carbons (Fsp3) is 0.231. The molecular formula is C26H25N3O6. The van der Waals surface area contributed by atoms with E-state index in [0.717, 1.165) is 12.0 Å². The fourth-order valence-electron chi connectivity index (χ4n) is 3.98. The number of amides is 2. The minimum Gasteiger partial charge on any atom is -0.497 e. The van der Waals surface area contributed by atoms with Gasteiger partial charge in [0.05, 0.1) is 31.2 Å². The predicted octanol–water partition coefficient (Wildman–Crippen LogP) is 4.11. The van der Waals surface area contributed by atoms with Gasteiger partial charge in [0.15, 0.2) is 5.76 Å². The maximum Gasteiger partial charge on any atom is 0.339 e. The Morgan fingerprint density at radius 2 is 1.71 bits per heavy atom. The Morgan fingerprint density at radius 3 is 2.43 bits per heavy atom. The quantitative estimate of drug-likeness (QED) is 0.409. The third-order valence-electron chi connectivity index (χ3n) is 5.76. The number of rotatable bonds is 6. The Bertz CT molecular complexity index is 1310. The molecule has 9 heteroatoms. The normalized spacial score (nSPS) is 13.6. The van der Waals surface area contributed by atoms with Gasteiger partial charge in [-0.2, -0.15) is 5.10 Å². The van der Waals surface area contributed by atoms with Crippen molar-refractivity contribution in [3.63, 3.8) is 0 Å². The van der Waals surface area contributed by atoms with Gasteiger partial charge in [-0.25, -0.2) is 10.2 Å². The molecule has 0 fully saturated rings. The van der Waals surface area contributed by atoms with Crippen LogP contribution in [0.15, 0.2) is 58.0 Å². The summed E-state index contributed by atoms with van der Waals surface area (Å²) in [5, 5.41) is 7.08. The zero-order valence-electron chi connectivity index (χ0n) is 19.6. The van der Waals surface area contributed by atoms with E-state index in [1.807, 2.05) is 0 Å². The zero-order chi connectivity index (χ0) is 24.9. The third kappa shape index (κ3) is 4.93. The van der Waals surface area contributed by atoms with Crippen LogP contribution in [0.4, 0.5) is 5.69 Å². The first kappa shape index (κ1) is 23.7. The van der Waals surface area contributed by atoms with Gasteiger partial charge in [-0.05, 0) is 56.2 Å².